The second-order valence-corrected chi connectivity index (χ2v) is 8.79. The summed E-state index contributed by atoms with van der Waals surface area (Å²) in [6.45, 7) is 2.03. The molecule has 0 unspecified atom stereocenters. The fourth-order valence-electron chi connectivity index (χ4n) is 4.42. The van der Waals surface area contributed by atoms with Crippen LogP contribution in [0.1, 0.15) is 35.7 Å². The lowest BCUT2D eigenvalue weighted by Gasteiger charge is -2.23. The van der Waals surface area contributed by atoms with Gasteiger partial charge in [0, 0.05) is 37.9 Å². The molecule has 6 N–H and O–H groups in total. The number of aromatic nitrogens is 2. The highest BCUT2D eigenvalue weighted by molar-refractivity contribution is 5.95. The Kier molecular flexibility index (Phi) is 7.31. The summed E-state index contributed by atoms with van der Waals surface area (Å²) in [7, 11) is 1.95. The zero-order valence-corrected chi connectivity index (χ0v) is 19.8. The Morgan fingerprint density at radius 1 is 1.17 bits per heavy atom. The van der Waals surface area contributed by atoms with Crippen LogP contribution in [0.15, 0.2) is 42.5 Å². The van der Waals surface area contributed by atoms with Gasteiger partial charge in [-0.2, -0.15) is 0 Å². The van der Waals surface area contributed by atoms with Gasteiger partial charge in [-0.25, -0.2) is 4.98 Å². The molecule has 184 valence electrons. The van der Waals surface area contributed by atoms with E-state index in [1.807, 2.05) is 46.8 Å². The summed E-state index contributed by atoms with van der Waals surface area (Å²) in [4.78, 5) is 30.9. The average molecular weight is 478 g/mol. The first-order valence-electron chi connectivity index (χ1n) is 11.7. The van der Waals surface area contributed by atoms with Gasteiger partial charge in [0.25, 0.3) is 0 Å². The van der Waals surface area contributed by atoms with Crippen LogP contribution in [0.3, 0.4) is 0 Å². The molecule has 0 bridgehead atoms. The van der Waals surface area contributed by atoms with Gasteiger partial charge in [-0.1, -0.05) is 6.07 Å². The summed E-state index contributed by atoms with van der Waals surface area (Å²) in [5.74, 6) is -0.543. The van der Waals surface area contributed by atoms with E-state index < -0.39 is 11.9 Å². The lowest BCUT2D eigenvalue weighted by molar-refractivity contribution is -0.136. The minimum Gasteiger partial charge on any atom is -0.480 e. The van der Waals surface area contributed by atoms with Crippen molar-refractivity contribution in [3.63, 3.8) is 0 Å². The van der Waals surface area contributed by atoms with Crippen LogP contribution < -0.4 is 16.4 Å². The number of amides is 1. The van der Waals surface area contributed by atoms with E-state index >= 15 is 0 Å². The van der Waals surface area contributed by atoms with Crippen LogP contribution in [0.4, 0.5) is 5.69 Å². The van der Waals surface area contributed by atoms with Crippen molar-refractivity contribution >= 4 is 34.4 Å². The summed E-state index contributed by atoms with van der Waals surface area (Å²) in [5.41, 5.74) is 9.63. The number of nitrogen functional groups attached to an aromatic ring is 1. The molecule has 0 aliphatic carbocycles. The number of carbonyl (C=O) groups excluding carboxylic acids is 1. The zero-order chi connectivity index (χ0) is 24.9. The van der Waals surface area contributed by atoms with Gasteiger partial charge in [0.15, 0.2) is 0 Å². The number of carbonyl (C=O) groups is 2. The number of rotatable bonds is 10. The molecule has 1 amide bonds. The standard InChI is InChI=1S/C25H31N7O3/c1-31-21-9-6-17(19(13-28-15-23(33)34)25(35)32-10-2-3-11-32)12-20(21)30-22(31)14-29-18-7-4-16(5-8-18)24(26)27/h4-9,12,19,28-29H,2-3,10-11,13-15H2,1H3,(H3,26,27)(H,33,34)/t19-/m0/s1. The van der Waals surface area contributed by atoms with E-state index in [1.165, 1.54) is 0 Å². The lowest BCUT2D eigenvalue weighted by atomic mass is 9.96. The Hall–Kier alpha value is -3.92. The minimum atomic E-state index is -0.953. The number of aryl methyl sites for hydroxylation is 1. The molecule has 1 fully saturated rings. The van der Waals surface area contributed by atoms with E-state index in [0.717, 1.165) is 54.0 Å². The molecule has 1 atom stereocenters. The quantitative estimate of drug-likeness (QED) is 0.221. The van der Waals surface area contributed by atoms with Crippen molar-refractivity contribution in [1.29, 1.82) is 5.41 Å². The number of hydrogen-bond acceptors (Lipinski definition) is 6. The van der Waals surface area contributed by atoms with Crippen LogP contribution in [0.5, 0.6) is 0 Å². The molecule has 2 aromatic carbocycles. The van der Waals surface area contributed by atoms with Crippen LogP contribution in [0, 0.1) is 5.41 Å². The number of benzene rings is 2. The molecule has 10 heteroatoms. The van der Waals surface area contributed by atoms with Crippen LogP contribution in [-0.4, -0.2) is 63.4 Å². The number of aliphatic carboxylic acids is 1. The largest absolute Gasteiger partial charge is 0.480 e. The van der Waals surface area contributed by atoms with Crippen molar-refractivity contribution in [2.45, 2.75) is 25.3 Å². The maximum atomic E-state index is 13.2. The molecular formula is C25H31N7O3. The first kappa shape index (κ1) is 24.2. The number of amidine groups is 1. The summed E-state index contributed by atoms with van der Waals surface area (Å²) >= 11 is 0. The van der Waals surface area contributed by atoms with Gasteiger partial charge in [-0.3, -0.25) is 15.0 Å². The maximum Gasteiger partial charge on any atom is 0.317 e. The van der Waals surface area contributed by atoms with Gasteiger partial charge in [-0.15, -0.1) is 0 Å². The predicted molar refractivity (Wildman–Crippen MR) is 135 cm³/mol. The second kappa shape index (κ2) is 10.6. The van der Waals surface area contributed by atoms with E-state index in [1.54, 1.807) is 12.1 Å². The monoisotopic (exact) mass is 477 g/mol. The third-order valence-electron chi connectivity index (χ3n) is 6.39. The van der Waals surface area contributed by atoms with Crippen molar-refractivity contribution in [2.75, 3.05) is 31.5 Å². The van der Waals surface area contributed by atoms with E-state index in [9.17, 15) is 9.59 Å². The summed E-state index contributed by atoms with van der Waals surface area (Å²) in [6.07, 6.45) is 1.99. The Bertz CT molecular complexity index is 1230. The second-order valence-electron chi connectivity index (χ2n) is 8.79. The molecule has 2 heterocycles. The molecular weight excluding hydrogens is 446 g/mol. The number of likely N-dealkylation sites (tertiary alicyclic amines) is 1. The number of nitrogens with two attached hydrogens (primary N) is 1. The number of hydrogen-bond donors (Lipinski definition) is 5. The van der Waals surface area contributed by atoms with E-state index in [-0.39, 0.29) is 24.8 Å². The van der Waals surface area contributed by atoms with Gasteiger partial charge >= 0.3 is 5.97 Å². The maximum absolute atomic E-state index is 13.2. The molecule has 3 aromatic rings. The summed E-state index contributed by atoms with van der Waals surface area (Å²) < 4.78 is 2.01. The van der Waals surface area contributed by atoms with Crippen LogP contribution in [-0.2, 0) is 23.2 Å². The number of nitrogens with zero attached hydrogens (tertiary/aromatic N) is 3. The molecule has 0 spiro atoms. The Morgan fingerprint density at radius 3 is 2.54 bits per heavy atom. The molecule has 35 heavy (non-hydrogen) atoms. The fraction of sp³-hybridized carbons (Fsp3) is 0.360. The fourth-order valence-corrected chi connectivity index (χ4v) is 4.42. The molecule has 1 aromatic heterocycles. The zero-order valence-electron chi connectivity index (χ0n) is 19.8. The van der Waals surface area contributed by atoms with Gasteiger partial charge in [0.2, 0.25) is 5.91 Å². The number of fused-ring (bicyclic) bond motifs is 1. The Morgan fingerprint density at radius 2 is 1.89 bits per heavy atom. The molecule has 0 saturated carbocycles. The van der Waals surface area contributed by atoms with Gasteiger partial charge < -0.3 is 30.9 Å². The Balaban J connectivity index is 1.54. The highest BCUT2D eigenvalue weighted by Gasteiger charge is 2.28. The molecule has 10 nitrogen and oxygen atoms in total. The van der Waals surface area contributed by atoms with Crippen LogP contribution in [0.25, 0.3) is 11.0 Å². The van der Waals surface area contributed by atoms with E-state index in [4.69, 9.17) is 21.2 Å². The van der Waals surface area contributed by atoms with Gasteiger partial charge in [0.05, 0.1) is 30.0 Å². The number of imidazole rings is 1. The molecule has 1 aliphatic rings. The number of nitrogens with one attached hydrogen (secondary N) is 3. The number of carboxylic acid groups (broad SMARTS) is 1. The lowest BCUT2D eigenvalue weighted by Crippen LogP contribution is -2.38. The third kappa shape index (κ3) is 5.60. The molecule has 1 aliphatic heterocycles. The summed E-state index contributed by atoms with van der Waals surface area (Å²) in [6, 6.07) is 13.2. The topological polar surface area (TPSA) is 149 Å². The SMILES string of the molecule is Cn1c(CNc2ccc(C(=N)N)cc2)nc2cc([C@H](CNCC(=O)O)C(=O)N3CCCC3)ccc21. The molecule has 4 rings (SSSR count). The first-order chi connectivity index (χ1) is 16.8. The van der Waals surface area contributed by atoms with Crippen molar-refractivity contribution in [3.8, 4) is 0 Å². The third-order valence-corrected chi connectivity index (χ3v) is 6.39. The van der Waals surface area contributed by atoms with Gasteiger partial charge in [0.1, 0.15) is 11.7 Å². The first-order valence-corrected chi connectivity index (χ1v) is 11.7. The number of carboxylic acids is 1. The van der Waals surface area contributed by atoms with Crippen molar-refractivity contribution in [3.05, 3.63) is 59.4 Å². The smallest absolute Gasteiger partial charge is 0.317 e. The summed E-state index contributed by atoms with van der Waals surface area (Å²) in [5, 5.41) is 22.7. The highest BCUT2D eigenvalue weighted by atomic mass is 16.4. The van der Waals surface area contributed by atoms with Crippen LogP contribution in [0.2, 0.25) is 0 Å². The predicted octanol–water partition coefficient (Wildman–Crippen LogP) is 1.85. The van der Waals surface area contributed by atoms with E-state index in [2.05, 4.69) is 10.6 Å². The van der Waals surface area contributed by atoms with Gasteiger partial charge in [-0.05, 0) is 54.8 Å². The molecule has 0 radical (unpaired) electrons. The average Bonchev–Trinajstić information content (AvgIpc) is 3.48. The van der Waals surface area contributed by atoms with Crippen molar-refractivity contribution < 1.29 is 14.7 Å². The minimum absolute atomic E-state index is 0.0200. The van der Waals surface area contributed by atoms with Crippen molar-refractivity contribution in [1.82, 2.24) is 19.8 Å². The molecule has 1 saturated heterocycles. The Labute approximate surface area is 203 Å². The number of anilines is 1. The van der Waals surface area contributed by atoms with Crippen molar-refractivity contribution in [2.24, 2.45) is 12.8 Å². The normalized spacial score (nSPS) is 14.3. The highest BCUT2D eigenvalue weighted by Crippen LogP contribution is 2.25. The van der Waals surface area contributed by atoms with Crippen LogP contribution >= 0.6 is 0 Å². The van der Waals surface area contributed by atoms with E-state index in [0.29, 0.717) is 12.1 Å².